The molecule has 0 amide bonds. The number of nitrogens with one attached hydrogen (secondary N) is 1. The Labute approximate surface area is 253 Å². The molecule has 0 aliphatic rings. The van der Waals surface area contributed by atoms with Crippen LogP contribution >= 0.6 is 0 Å². The molecule has 7 N–H and O–H groups in total. The van der Waals surface area contributed by atoms with E-state index in [2.05, 4.69) is 26.8 Å². The van der Waals surface area contributed by atoms with Crippen molar-refractivity contribution < 1.29 is 39.5 Å². The normalized spacial score (nSPS) is 11.8. The van der Waals surface area contributed by atoms with Crippen LogP contribution in [0.15, 0.2) is 41.2 Å². The average Bonchev–Trinajstić information content (AvgIpc) is 3.29. The van der Waals surface area contributed by atoms with E-state index >= 15 is 0 Å². The summed E-state index contributed by atoms with van der Waals surface area (Å²) in [5.41, 5.74) is 8.29. The molecule has 15 heteroatoms. The van der Waals surface area contributed by atoms with Gasteiger partial charge in [0.2, 0.25) is 0 Å². The molecule has 44 heavy (non-hydrogen) atoms. The maximum absolute atomic E-state index is 12.5. The molecule has 1 unspecified atom stereocenters. The van der Waals surface area contributed by atoms with Crippen molar-refractivity contribution in [3.63, 3.8) is 0 Å². The van der Waals surface area contributed by atoms with Crippen molar-refractivity contribution >= 4 is 34.9 Å². The van der Waals surface area contributed by atoms with E-state index in [1.807, 2.05) is 24.3 Å². The summed E-state index contributed by atoms with van der Waals surface area (Å²) >= 11 is 0. The highest BCUT2D eigenvalue weighted by Gasteiger charge is 2.16. The summed E-state index contributed by atoms with van der Waals surface area (Å²) in [7, 11) is 0. The molecule has 15 nitrogen and oxygen atoms in total. The Morgan fingerprint density at radius 3 is 2.41 bits per heavy atom. The smallest absolute Gasteiger partial charge is 0.328 e. The molecule has 2 aromatic heterocycles. The Balaban J connectivity index is 0.000000742. The highest BCUT2D eigenvalue weighted by Crippen LogP contribution is 2.19. The number of nitrogens with zero attached hydrogens (tertiary/aromatic N) is 4. The third-order valence-electron chi connectivity index (χ3n) is 6.48. The number of ether oxygens (including phenoxy) is 1. The number of nitrogens with two attached hydrogens (primary N) is 1. The lowest BCUT2D eigenvalue weighted by Crippen LogP contribution is -2.28. The summed E-state index contributed by atoms with van der Waals surface area (Å²) in [5, 5.41) is 34.4. The highest BCUT2D eigenvalue weighted by atomic mass is 16.5. The number of carbonyl (C=O) groups is 3. The number of aliphatic hydroxyl groups is 1. The number of aliphatic hydroxyl groups excluding tert-OH is 1. The molecule has 3 aromatic rings. The van der Waals surface area contributed by atoms with Gasteiger partial charge in [-0.1, -0.05) is 37.6 Å². The monoisotopic (exact) mass is 616 g/mol. The van der Waals surface area contributed by atoms with Crippen LogP contribution in [0.3, 0.4) is 0 Å². The number of anilines is 1. The number of aromatic amines is 1. The van der Waals surface area contributed by atoms with E-state index in [0.29, 0.717) is 62.5 Å². The lowest BCUT2D eigenvalue weighted by molar-refractivity contribution is -0.138. The number of unbranched alkanes of at least 4 members (excludes halogenated alkanes) is 2. The van der Waals surface area contributed by atoms with E-state index in [1.54, 1.807) is 11.5 Å². The summed E-state index contributed by atoms with van der Waals surface area (Å²) in [5.74, 6) is -3.78. The van der Waals surface area contributed by atoms with Crippen LogP contribution in [0.25, 0.3) is 11.2 Å². The molecule has 240 valence electrons. The summed E-state index contributed by atoms with van der Waals surface area (Å²) < 4.78 is 7.13. The fourth-order valence-corrected chi connectivity index (χ4v) is 4.13. The number of nitrogen functional groups attached to an aromatic ring is 1. The molecule has 0 fully saturated rings. The minimum absolute atomic E-state index is 0.0180. The number of aryl methyl sites for hydroxylation is 1. The van der Waals surface area contributed by atoms with Crippen molar-refractivity contribution in [3.8, 4) is 6.01 Å². The first-order chi connectivity index (χ1) is 21.0. The van der Waals surface area contributed by atoms with Crippen LogP contribution in [0, 0.1) is 0 Å². The van der Waals surface area contributed by atoms with Crippen LogP contribution in [0.1, 0.15) is 56.6 Å². The first-order valence-corrected chi connectivity index (χ1v) is 14.1. The number of fused-ring (bicyclic) bond motifs is 1. The van der Waals surface area contributed by atoms with Crippen molar-refractivity contribution in [3.05, 3.63) is 58.0 Å². The van der Waals surface area contributed by atoms with Crippen molar-refractivity contribution in [2.24, 2.45) is 0 Å². The van der Waals surface area contributed by atoms with Crippen molar-refractivity contribution in [2.45, 2.75) is 58.5 Å². The van der Waals surface area contributed by atoms with Gasteiger partial charge in [0.15, 0.2) is 11.5 Å². The van der Waals surface area contributed by atoms with Gasteiger partial charge < -0.3 is 35.9 Å². The molecule has 0 saturated heterocycles. The molecule has 1 aromatic carbocycles. The van der Waals surface area contributed by atoms with Crippen molar-refractivity contribution in [2.75, 3.05) is 32.0 Å². The zero-order valence-electron chi connectivity index (χ0n) is 24.8. The quantitative estimate of drug-likeness (QED) is 0.0942. The second kappa shape index (κ2) is 18.0. The first-order valence-electron chi connectivity index (χ1n) is 14.1. The predicted octanol–water partition coefficient (Wildman–Crippen LogP) is 2.06. The fourth-order valence-electron chi connectivity index (χ4n) is 4.13. The second-order valence-corrected chi connectivity index (χ2v) is 9.90. The number of aromatic nitrogens is 4. The van der Waals surface area contributed by atoms with Crippen molar-refractivity contribution in [1.29, 1.82) is 0 Å². The number of hydrogen-bond acceptors (Lipinski definition) is 10. The summed E-state index contributed by atoms with van der Waals surface area (Å²) in [6.45, 7) is 6.47. The van der Waals surface area contributed by atoms with Gasteiger partial charge in [0.25, 0.3) is 0 Å². The lowest BCUT2D eigenvalue weighted by atomic mass is 9.99. The average molecular weight is 617 g/mol. The number of hydrogen-bond donors (Lipinski definition) is 6. The van der Waals surface area contributed by atoms with Crippen molar-refractivity contribution in [1.82, 2.24) is 24.4 Å². The third-order valence-corrected chi connectivity index (χ3v) is 6.48. The van der Waals surface area contributed by atoms with Gasteiger partial charge in [0.1, 0.15) is 5.52 Å². The van der Waals surface area contributed by atoms with E-state index in [0.717, 1.165) is 30.4 Å². The molecule has 3 rings (SSSR count). The third kappa shape index (κ3) is 11.5. The Bertz CT molecular complexity index is 1470. The van der Waals surface area contributed by atoms with Gasteiger partial charge in [-0.05, 0) is 43.9 Å². The van der Waals surface area contributed by atoms with Crippen LogP contribution in [-0.4, -0.2) is 89.1 Å². The molecule has 0 saturated carbocycles. The number of aliphatic carboxylic acids is 3. The zero-order chi connectivity index (χ0) is 32.6. The number of carboxylic acids is 3. The second-order valence-electron chi connectivity index (χ2n) is 9.90. The minimum atomic E-state index is -1.26. The number of carboxylic acid groups (broad SMARTS) is 3. The molecule has 0 aliphatic carbocycles. The maximum atomic E-state index is 12.5. The van der Waals surface area contributed by atoms with Gasteiger partial charge >= 0.3 is 29.6 Å². The van der Waals surface area contributed by atoms with E-state index in [4.69, 9.17) is 20.7 Å². The summed E-state index contributed by atoms with van der Waals surface area (Å²) in [6.07, 6.45) is 4.46. The summed E-state index contributed by atoms with van der Waals surface area (Å²) in [6, 6.07) is 7.69. The van der Waals surface area contributed by atoms with Gasteiger partial charge in [0, 0.05) is 31.8 Å². The van der Waals surface area contributed by atoms with Gasteiger partial charge in [0.05, 0.1) is 19.1 Å². The summed E-state index contributed by atoms with van der Waals surface area (Å²) in [4.78, 5) is 56.3. The van der Waals surface area contributed by atoms with E-state index in [9.17, 15) is 29.4 Å². The molecule has 1 atom stereocenters. The zero-order valence-corrected chi connectivity index (χ0v) is 24.8. The van der Waals surface area contributed by atoms with Gasteiger partial charge in [-0.3, -0.25) is 14.3 Å². The van der Waals surface area contributed by atoms with Crippen LogP contribution in [0.4, 0.5) is 5.82 Å². The molecule has 0 radical (unpaired) electrons. The van der Waals surface area contributed by atoms with Gasteiger partial charge in [-0.15, -0.1) is 0 Å². The van der Waals surface area contributed by atoms with Crippen LogP contribution in [0.2, 0.25) is 0 Å². The van der Waals surface area contributed by atoms with E-state index in [1.165, 1.54) is 0 Å². The topological polar surface area (TPSA) is 234 Å². The van der Waals surface area contributed by atoms with Gasteiger partial charge in [-0.25, -0.2) is 14.4 Å². The molecular weight excluding hydrogens is 576 g/mol. The molecule has 0 bridgehead atoms. The Morgan fingerprint density at radius 2 is 1.80 bits per heavy atom. The largest absolute Gasteiger partial charge is 0.481 e. The number of rotatable bonds is 17. The molecular formula is C29H40N6O9. The Morgan fingerprint density at radius 1 is 1.09 bits per heavy atom. The number of benzene rings is 1. The number of H-pyrrole nitrogens is 1. The lowest BCUT2D eigenvalue weighted by Gasteiger charge is -2.22. The maximum Gasteiger partial charge on any atom is 0.328 e. The van der Waals surface area contributed by atoms with Crippen LogP contribution in [-0.2, 0) is 27.5 Å². The van der Waals surface area contributed by atoms with Crippen LogP contribution in [0.5, 0.6) is 6.01 Å². The minimum Gasteiger partial charge on any atom is -0.481 e. The van der Waals surface area contributed by atoms with Crippen LogP contribution < -0.4 is 16.2 Å². The fraction of sp³-hybridized carbons (Fsp3) is 0.448. The highest BCUT2D eigenvalue weighted by molar-refractivity contribution is 5.89. The SMILES string of the molecule is CCCCOc1nc(N)c2[nH]c(=O)n(CCCCN(CCO)Cc3cccc(C(C)C(=O)O)c3)c2n1.O=C(O)C=CC(=O)O. The first kappa shape index (κ1) is 35.4. The predicted molar refractivity (Wildman–Crippen MR) is 161 cm³/mol. The molecule has 2 heterocycles. The Hall–Kier alpha value is -4.76. The van der Waals surface area contributed by atoms with E-state index in [-0.39, 0.29) is 24.1 Å². The molecule has 0 spiro atoms. The Kier molecular flexibility index (Phi) is 14.5. The van der Waals surface area contributed by atoms with Gasteiger partial charge in [-0.2, -0.15) is 9.97 Å². The standard InChI is InChI=1S/C25H36N6O5.C4H4O4/c1-3-4-14-36-24-28-21(26)20-22(29-24)31(25(35)27-20)11-6-5-10-30(12-13-32)16-18-8-7-9-19(15-18)17(2)23(33)34;5-3(6)1-2-4(7)8/h7-9,15,17,32H,3-6,10-14,16H2,1-2H3,(H,27,35)(H,33,34)(H2,26,28,29);1-2H,(H,5,6)(H,7,8). The number of imidazole rings is 1. The molecule has 0 aliphatic heterocycles. The van der Waals surface area contributed by atoms with E-state index < -0.39 is 23.8 Å².